The fraction of sp³-hybridized carbons (Fsp3) is 0. The summed E-state index contributed by atoms with van der Waals surface area (Å²) >= 11 is 5.85. The molecule has 0 fully saturated rings. The highest BCUT2D eigenvalue weighted by atomic mass is 35.5. The van der Waals surface area contributed by atoms with E-state index in [2.05, 4.69) is 15.4 Å². The first-order valence-corrected chi connectivity index (χ1v) is 6.74. The van der Waals surface area contributed by atoms with Crippen LogP contribution in [0.4, 0.5) is 10.2 Å². The van der Waals surface area contributed by atoms with Crippen molar-refractivity contribution >= 4 is 23.3 Å². The van der Waals surface area contributed by atoms with Crippen LogP contribution < -0.4 is 5.32 Å². The normalized spacial score (nSPS) is 10.5. The number of nitrogens with zero attached hydrogens (tertiary/aromatic N) is 3. The van der Waals surface area contributed by atoms with Crippen molar-refractivity contribution in [3.8, 4) is 5.69 Å². The first-order valence-electron chi connectivity index (χ1n) is 6.36. The number of amides is 1. The lowest BCUT2D eigenvalue weighted by molar-refractivity contribution is 0.102. The summed E-state index contributed by atoms with van der Waals surface area (Å²) in [7, 11) is 0. The van der Waals surface area contributed by atoms with E-state index in [4.69, 9.17) is 11.6 Å². The summed E-state index contributed by atoms with van der Waals surface area (Å²) in [4.78, 5) is 15.7. The third kappa shape index (κ3) is 2.82. The van der Waals surface area contributed by atoms with Crippen LogP contribution in [0.5, 0.6) is 0 Å². The van der Waals surface area contributed by atoms with Gasteiger partial charge < -0.3 is 5.32 Å². The number of nitrogens with one attached hydrogen (secondary N) is 1. The molecule has 3 aromatic rings. The van der Waals surface area contributed by atoms with Crippen molar-refractivity contribution in [3.63, 3.8) is 0 Å². The first kappa shape index (κ1) is 14.2. The second-order valence-electron chi connectivity index (χ2n) is 4.41. The highest BCUT2D eigenvalue weighted by Crippen LogP contribution is 2.18. The number of rotatable bonds is 3. The lowest BCUT2D eigenvalue weighted by Gasteiger charge is -2.09. The molecule has 0 bridgehead atoms. The molecule has 0 aliphatic carbocycles. The third-order valence-electron chi connectivity index (χ3n) is 2.97. The number of hydrogen-bond acceptors (Lipinski definition) is 3. The molecule has 1 N–H and O–H groups in total. The number of carbonyl (C=O) groups excluding carboxylic acids is 1. The average molecular weight is 317 g/mol. The molecule has 7 heteroatoms. The zero-order chi connectivity index (χ0) is 15.5. The molecule has 0 aliphatic rings. The Morgan fingerprint density at radius 3 is 2.64 bits per heavy atom. The molecule has 0 radical (unpaired) electrons. The monoisotopic (exact) mass is 316 g/mol. The number of hydrogen-bond donors (Lipinski definition) is 1. The molecule has 5 nitrogen and oxygen atoms in total. The maximum atomic E-state index is 13.6. The van der Waals surface area contributed by atoms with Gasteiger partial charge in [-0.05, 0) is 30.3 Å². The summed E-state index contributed by atoms with van der Waals surface area (Å²) in [5, 5.41) is 7.36. The van der Waals surface area contributed by atoms with Crippen LogP contribution in [0.3, 0.4) is 0 Å². The zero-order valence-electron chi connectivity index (χ0n) is 11.2. The summed E-state index contributed by atoms with van der Waals surface area (Å²) in [6.07, 6.45) is 3.88. The Kier molecular flexibility index (Phi) is 3.84. The number of aromatic nitrogens is 3. The quantitative estimate of drug-likeness (QED) is 0.806. The Morgan fingerprint density at radius 1 is 1.14 bits per heavy atom. The molecule has 2 aromatic heterocycles. The minimum atomic E-state index is -0.683. The van der Waals surface area contributed by atoms with Crippen molar-refractivity contribution in [3.05, 3.63) is 71.4 Å². The van der Waals surface area contributed by atoms with Crippen molar-refractivity contribution in [2.75, 3.05) is 5.32 Å². The maximum absolute atomic E-state index is 13.6. The van der Waals surface area contributed by atoms with Gasteiger partial charge in [0.25, 0.3) is 5.91 Å². The van der Waals surface area contributed by atoms with E-state index in [-0.39, 0.29) is 5.56 Å². The Balaban J connectivity index is 1.88. The lowest BCUT2D eigenvalue weighted by Crippen LogP contribution is -2.16. The third-order valence-corrected chi connectivity index (χ3v) is 3.22. The second-order valence-corrected chi connectivity index (χ2v) is 4.85. The van der Waals surface area contributed by atoms with E-state index in [0.717, 1.165) is 11.9 Å². The van der Waals surface area contributed by atoms with E-state index in [0.29, 0.717) is 10.8 Å². The summed E-state index contributed by atoms with van der Waals surface area (Å²) in [5.74, 6) is -0.836. The van der Waals surface area contributed by atoms with Gasteiger partial charge in [0.2, 0.25) is 0 Å². The molecule has 1 amide bonds. The number of benzene rings is 1. The summed E-state index contributed by atoms with van der Waals surface area (Å²) in [6.45, 7) is 0. The van der Waals surface area contributed by atoms with Gasteiger partial charge >= 0.3 is 0 Å². The van der Waals surface area contributed by atoms with Gasteiger partial charge in [0.05, 0.1) is 23.6 Å². The molecule has 22 heavy (non-hydrogen) atoms. The summed E-state index contributed by atoms with van der Waals surface area (Å²) in [6, 6.07) is 9.88. The van der Waals surface area contributed by atoms with Crippen LogP contribution in [0.1, 0.15) is 10.4 Å². The van der Waals surface area contributed by atoms with Gasteiger partial charge in [-0.1, -0.05) is 11.6 Å². The smallest absolute Gasteiger partial charge is 0.259 e. The molecule has 0 aliphatic heterocycles. The van der Waals surface area contributed by atoms with Crippen LogP contribution in [0.15, 0.2) is 55.0 Å². The van der Waals surface area contributed by atoms with Crippen molar-refractivity contribution in [2.24, 2.45) is 0 Å². The Hall–Kier alpha value is -2.73. The molecule has 0 unspecified atom stereocenters. The topological polar surface area (TPSA) is 59.8 Å². The SMILES string of the molecule is O=C(Nc1ccnn1-c1ccc(Cl)cc1)c1ccncc1F. The molecule has 2 heterocycles. The number of anilines is 1. The molecule has 110 valence electrons. The fourth-order valence-corrected chi connectivity index (χ4v) is 2.06. The first-order chi connectivity index (χ1) is 10.6. The average Bonchev–Trinajstić information content (AvgIpc) is 2.96. The molecular formula is C15H10ClFN4O. The van der Waals surface area contributed by atoms with E-state index < -0.39 is 11.7 Å². The van der Waals surface area contributed by atoms with Gasteiger partial charge in [-0.2, -0.15) is 5.10 Å². The molecule has 0 atom stereocenters. The van der Waals surface area contributed by atoms with Crippen molar-refractivity contribution in [1.82, 2.24) is 14.8 Å². The molecule has 3 rings (SSSR count). The van der Waals surface area contributed by atoms with Crippen LogP contribution in [-0.4, -0.2) is 20.7 Å². The predicted molar refractivity (Wildman–Crippen MR) is 80.7 cm³/mol. The molecule has 0 saturated heterocycles. The maximum Gasteiger partial charge on any atom is 0.259 e. The van der Waals surface area contributed by atoms with Gasteiger partial charge in [-0.25, -0.2) is 9.07 Å². The summed E-state index contributed by atoms with van der Waals surface area (Å²) in [5.41, 5.74) is 0.638. The number of halogens is 2. The molecule has 0 saturated carbocycles. The van der Waals surface area contributed by atoms with Gasteiger partial charge in [-0.3, -0.25) is 9.78 Å². The lowest BCUT2D eigenvalue weighted by atomic mass is 10.2. The Bertz CT molecular complexity index is 816. The molecule has 0 spiro atoms. The number of pyridine rings is 1. The van der Waals surface area contributed by atoms with Crippen molar-refractivity contribution in [1.29, 1.82) is 0 Å². The summed E-state index contributed by atoms with van der Waals surface area (Å²) < 4.78 is 15.1. The Morgan fingerprint density at radius 2 is 1.91 bits per heavy atom. The van der Waals surface area contributed by atoms with E-state index in [1.165, 1.54) is 23.1 Å². The second kappa shape index (κ2) is 5.95. The predicted octanol–water partition coefficient (Wildman–Crippen LogP) is 3.31. The van der Waals surface area contributed by atoms with Crippen molar-refractivity contribution in [2.45, 2.75) is 0 Å². The van der Waals surface area contributed by atoms with Crippen LogP contribution in [0.2, 0.25) is 5.02 Å². The molecular weight excluding hydrogens is 307 g/mol. The zero-order valence-corrected chi connectivity index (χ0v) is 12.0. The van der Waals surface area contributed by atoms with Crippen LogP contribution >= 0.6 is 11.6 Å². The highest BCUT2D eigenvalue weighted by Gasteiger charge is 2.14. The van der Waals surface area contributed by atoms with Crippen molar-refractivity contribution < 1.29 is 9.18 Å². The fourth-order valence-electron chi connectivity index (χ4n) is 1.93. The van der Waals surface area contributed by atoms with E-state index in [1.807, 2.05) is 0 Å². The van der Waals surface area contributed by atoms with E-state index >= 15 is 0 Å². The highest BCUT2D eigenvalue weighted by molar-refractivity contribution is 6.30. The largest absolute Gasteiger partial charge is 0.306 e. The Labute approximate surface area is 130 Å². The van der Waals surface area contributed by atoms with E-state index in [9.17, 15) is 9.18 Å². The van der Waals surface area contributed by atoms with Gasteiger partial charge in [-0.15, -0.1) is 0 Å². The van der Waals surface area contributed by atoms with Crippen LogP contribution in [-0.2, 0) is 0 Å². The van der Waals surface area contributed by atoms with Gasteiger partial charge in [0, 0.05) is 17.3 Å². The number of carbonyl (C=O) groups is 1. The van der Waals surface area contributed by atoms with Gasteiger partial charge in [0.1, 0.15) is 5.82 Å². The van der Waals surface area contributed by atoms with E-state index in [1.54, 1.807) is 30.3 Å². The molecule has 1 aromatic carbocycles. The van der Waals surface area contributed by atoms with Crippen LogP contribution in [0, 0.1) is 5.82 Å². The minimum absolute atomic E-state index is 0.0844. The standard InChI is InChI=1S/C15H10ClFN4O/c16-10-1-3-11(4-2-10)21-14(6-8-19-21)20-15(22)12-5-7-18-9-13(12)17/h1-9H,(H,20,22). The van der Waals surface area contributed by atoms with Gasteiger partial charge in [0.15, 0.2) is 5.82 Å². The minimum Gasteiger partial charge on any atom is -0.306 e. The van der Waals surface area contributed by atoms with Crippen LogP contribution in [0.25, 0.3) is 5.69 Å².